The molecule has 1 atom stereocenters. The summed E-state index contributed by atoms with van der Waals surface area (Å²) in [6.07, 6.45) is -0.480. The molecule has 0 spiro atoms. The molecule has 1 fully saturated rings. The van der Waals surface area contributed by atoms with Gasteiger partial charge in [0.25, 0.3) is 0 Å². The fraction of sp³-hybridized carbons (Fsp3) is 0.333. The molecule has 88 valence electrons. The van der Waals surface area contributed by atoms with Crippen LogP contribution in [0.2, 0.25) is 0 Å². The van der Waals surface area contributed by atoms with Crippen molar-refractivity contribution in [2.45, 2.75) is 12.5 Å². The van der Waals surface area contributed by atoms with E-state index in [1.54, 1.807) is 18.2 Å². The number of carbonyl (C=O) groups is 1. The number of hydrogen-bond acceptors (Lipinski definition) is 4. The highest BCUT2D eigenvalue weighted by molar-refractivity contribution is 5.96. The third-order valence-electron chi connectivity index (χ3n) is 2.72. The van der Waals surface area contributed by atoms with E-state index in [1.807, 2.05) is 6.07 Å². The molecule has 0 aliphatic carbocycles. The lowest BCUT2D eigenvalue weighted by molar-refractivity contribution is -0.117. The minimum absolute atomic E-state index is 0.121. The largest absolute Gasteiger partial charge is 0.495 e. The number of aliphatic hydroxyl groups excluding tert-OH is 1. The normalized spacial score (nSPS) is 19.2. The maximum atomic E-state index is 11.6. The van der Waals surface area contributed by atoms with Gasteiger partial charge in [0.1, 0.15) is 11.8 Å². The Kier molecular flexibility index (Phi) is 2.98. The second kappa shape index (κ2) is 4.44. The van der Waals surface area contributed by atoms with Gasteiger partial charge in [-0.1, -0.05) is 0 Å². The van der Waals surface area contributed by atoms with Crippen molar-refractivity contribution in [2.75, 3.05) is 18.6 Å². The zero-order valence-corrected chi connectivity index (χ0v) is 9.38. The second-order valence-electron chi connectivity index (χ2n) is 3.86. The molecule has 1 heterocycles. The number of ether oxygens (including phenoxy) is 1. The van der Waals surface area contributed by atoms with Crippen LogP contribution in [0.1, 0.15) is 12.0 Å². The van der Waals surface area contributed by atoms with Crippen molar-refractivity contribution in [1.82, 2.24) is 0 Å². The lowest BCUT2D eigenvalue weighted by Gasteiger charge is -2.17. The first-order valence-corrected chi connectivity index (χ1v) is 5.22. The second-order valence-corrected chi connectivity index (χ2v) is 3.86. The number of amides is 1. The maximum absolute atomic E-state index is 11.6. The van der Waals surface area contributed by atoms with Crippen LogP contribution in [0.15, 0.2) is 18.2 Å². The number of carbonyl (C=O) groups excluding carboxylic acids is 1. The molecule has 1 aromatic carbocycles. The van der Waals surface area contributed by atoms with Gasteiger partial charge in [0, 0.05) is 11.8 Å². The molecule has 0 saturated carbocycles. The molecular weight excluding hydrogens is 220 g/mol. The highest BCUT2D eigenvalue weighted by Crippen LogP contribution is 2.28. The summed E-state index contributed by atoms with van der Waals surface area (Å²) in [5, 5.41) is 18.3. The Bertz CT molecular complexity index is 493. The van der Waals surface area contributed by atoms with Crippen molar-refractivity contribution in [3.63, 3.8) is 0 Å². The molecule has 17 heavy (non-hydrogen) atoms. The van der Waals surface area contributed by atoms with Crippen molar-refractivity contribution < 1.29 is 14.6 Å². The Hall–Kier alpha value is -2.06. The van der Waals surface area contributed by atoms with Gasteiger partial charge >= 0.3 is 0 Å². The minimum Gasteiger partial charge on any atom is -0.495 e. The van der Waals surface area contributed by atoms with Crippen LogP contribution >= 0.6 is 0 Å². The Morgan fingerprint density at radius 2 is 2.35 bits per heavy atom. The highest BCUT2D eigenvalue weighted by atomic mass is 16.5. The molecule has 0 bridgehead atoms. The van der Waals surface area contributed by atoms with Gasteiger partial charge < -0.3 is 14.7 Å². The predicted molar refractivity (Wildman–Crippen MR) is 60.7 cm³/mol. The van der Waals surface area contributed by atoms with Gasteiger partial charge in [0.15, 0.2) is 0 Å². The summed E-state index contributed by atoms with van der Waals surface area (Å²) >= 11 is 0. The summed E-state index contributed by atoms with van der Waals surface area (Å²) in [7, 11) is 1.47. The van der Waals surface area contributed by atoms with Crippen LogP contribution in [0.4, 0.5) is 5.69 Å². The van der Waals surface area contributed by atoms with Crippen molar-refractivity contribution in [1.29, 1.82) is 5.26 Å². The van der Waals surface area contributed by atoms with E-state index in [0.717, 1.165) is 0 Å². The van der Waals surface area contributed by atoms with Gasteiger partial charge in [0.2, 0.25) is 5.91 Å². The number of nitrogens with zero attached hydrogens (tertiary/aromatic N) is 2. The topological polar surface area (TPSA) is 73.6 Å². The first-order chi connectivity index (χ1) is 8.15. The summed E-state index contributed by atoms with van der Waals surface area (Å²) in [5.74, 6) is 0.309. The molecular formula is C12H12N2O3. The Labute approximate surface area is 98.8 Å². The molecule has 1 N–H and O–H groups in total. The van der Waals surface area contributed by atoms with Crippen LogP contribution in [0.5, 0.6) is 5.75 Å². The summed E-state index contributed by atoms with van der Waals surface area (Å²) in [6.45, 7) is 0.286. The smallest absolute Gasteiger partial charge is 0.229 e. The highest BCUT2D eigenvalue weighted by Gasteiger charge is 2.29. The quantitative estimate of drug-likeness (QED) is 0.813. The number of rotatable bonds is 2. The maximum Gasteiger partial charge on any atom is 0.229 e. The summed E-state index contributed by atoms with van der Waals surface area (Å²) < 4.78 is 5.08. The van der Waals surface area contributed by atoms with Crippen LogP contribution in [-0.4, -0.2) is 30.8 Å². The van der Waals surface area contributed by atoms with Crippen molar-refractivity contribution in [3.05, 3.63) is 23.8 Å². The van der Waals surface area contributed by atoms with E-state index in [2.05, 4.69) is 0 Å². The van der Waals surface area contributed by atoms with E-state index in [9.17, 15) is 9.90 Å². The molecule has 0 radical (unpaired) electrons. The van der Waals surface area contributed by atoms with Crippen LogP contribution in [0.25, 0.3) is 0 Å². The van der Waals surface area contributed by atoms with Gasteiger partial charge in [-0.25, -0.2) is 0 Å². The average molecular weight is 232 g/mol. The van der Waals surface area contributed by atoms with E-state index >= 15 is 0 Å². The van der Waals surface area contributed by atoms with Crippen LogP contribution in [0, 0.1) is 11.3 Å². The molecule has 1 aliphatic heterocycles. The first kappa shape index (κ1) is 11.4. The zero-order valence-electron chi connectivity index (χ0n) is 9.38. The van der Waals surface area contributed by atoms with E-state index < -0.39 is 6.10 Å². The van der Waals surface area contributed by atoms with Crippen LogP contribution < -0.4 is 9.64 Å². The predicted octanol–water partition coefficient (Wildman–Crippen LogP) is 0.664. The van der Waals surface area contributed by atoms with Gasteiger partial charge in [-0.2, -0.15) is 5.26 Å². The number of aliphatic hydroxyl groups is 1. The summed E-state index contributed by atoms with van der Waals surface area (Å²) in [5.41, 5.74) is 1.06. The summed E-state index contributed by atoms with van der Waals surface area (Å²) in [6, 6.07) is 6.92. The fourth-order valence-electron chi connectivity index (χ4n) is 1.88. The Morgan fingerprint density at radius 3 is 2.88 bits per heavy atom. The monoisotopic (exact) mass is 232 g/mol. The molecule has 1 aromatic rings. The number of methoxy groups -OCH3 is 1. The Balaban J connectivity index is 2.34. The molecule has 0 aromatic heterocycles. The zero-order chi connectivity index (χ0) is 12.4. The minimum atomic E-state index is -0.621. The van der Waals surface area contributed by atoms with Gasteiger partial charge in [0.05, 0.1) is 31.7 Å². The van der Waals surface area contributed by atoms with E-state index in [4.69, 9.17) is 10.00 Å². The van der Waals surface area contributed by atoms with Crippen molar-refractivity contribution >= 4 is 11.6 Å². The average Bonchev–Trinajstić information content (AvgIpc) is 2.67. The lowest BCUT2D eigenvalue weighted by atomic mass is 10.2. The summed E-state index contributed by atoms with van der Waals surface area (Å²) in [4.78, 5) is 13.1. The van der Waals surface area contributed by atoms with Gasteiger partial charge in [-0.05, 0) is 12.1 Å². The lowest BCUT2D eigenvalue weighted by Crippen LogP contribution is -2.25. The van der Waals surface area contributed by atoms with E-state index in [-0.39, 0.29) is 18.9 Å². The first-order valence-electron chi connectivity index (χ1n) is 5.22. The molecule has 0 unspecified atom stereocenters. The molecule has 5 nitrogen and oxygen atoms in total. The number of anilines is 1. The molecule has 1 amide bonds. The van der Waals surface area contributed by atoms with E-state index in [0.29, 0.717) is 17.0 Å². The number of benzene rings is 1. The standard InChI is InChI=1S/C12H12N2O3/c1-17-11-4-9(3-2-8(11)6-13)14-7-10(15)5-12(14)16/h2-4,10,15H,5,7H2,1H3/t10-/m0/s1. The molecule has 5 heteroatoms. The van der Waals surface area contributed by atoms with Crippen molar-refractivity contribution in [3.8, 4) is 11.8 Å². The van der Waals surface area contributed by atoms with Gasteiger partial charge in [-0.15, -0.1) is 0 Å². The third-order valence-corrected chi connectivity index (χ3v) is 2.72. The SMILES string of the molecule is COc1cc(N2C[C@@H](O)CC2=O)ccc1C#N. The number of β-amino-alcohol motifs (C(OH)–C–C–N with tert-alkyl or cyclic N) is 1. The van der Waals surface area contributed by atoms with Gasteiger partial charge in [-0.3, -0.25) is 4.79 Å². The van der Waals surface area contributed by atoms with Crippen molar-refractivity contribution in [2.24, 2.45) is 0 Å². The number of hydrogen-bond donors (Lipinski definition) is 1. The molecule has 1 saturated heterocycles. The Morgan fingerprint density at radius 1 is 1.59 bits per heavy atom. The van der Waals surface area contributed by atoms with Crippen LogP contribution in [-0.2, 0) is 4.79 Å². The van der Waals surface area contributed by atoms with E-state index in [1.165, 1.54) is 12.0 Å². The fourth-order valence-corrected chi connectivity index (χ4v) is 1.88. The molecule has 1 aliphatic rings. The molecule has 2 rings (SSSR count). The van der Waals surface area contributed by atoms with Crippen LogP contribution in [0.3, 0.4) is 0 Å². The number of nitriles is 1. The third kappa shape index (κ3) is 2.08.